The maximum atomic E-state index is 11.7. The lowest BCUT2D eigenvalue weighted by molar-refractivity contribution is -0.385. The number of rotatable bonds is 4. The molecule has 0 aliphatic rings. The number of carbonyl (C=O) groups is 1. The normalized spacial score (nSPS) is 10.5. The highest BCUT2D eigenvalue weighted by Crippen LogP contribution is 2.21. The average Bonchev–Trinajstić information content (AvgIpc) is 2.48. The number of amides is 1. The first-order valence-corrected chi connectivity index (χ1v) is 5.80. The van der Waals surface area contributed by atoms with Gasteiger partial charge in [-0.3, -0.25) is 19.9 Å². The first-order valence-electron chi connectivity index (χ1n) is 5.80. The number of nitro groups is 1. The third-order valence-electron chi connectivity index (χ3n) is 2.48. The van der Waals surface area contributed by atoms with Crippen molar-refractivity contribution in [1.82, 2.24) is 10.4 Å². The summed E-state index contributed by atoms with van der Waals surface area (Å²) in [5.74, 6) is -0.687. The summed E-state index contributed by atoms with van der Waals surface area (Å²) in [5.41, 5.74) is 2.20. The molecule has 1 aromatic carbocycles. The molecule has 2 N–H and O–H groups in total. The highest BCUT2D eigenvalue weighted by atomic mass is 16.6. The minimum Gasteiger partial charge on any atom is -0.508 e. The Morgan fingerprint density at radius 2 is 2.19 bits per heavy atom. The quantitative estimate of drug-likeness (QED) is 0.501. The minimum absolute atomic E-state index is 0.0707. The van der Waals surface area contributed by atoms with E-state index in [0.717, 1.165) is 12.3 Å². The lowest BCUT2D eigenvalue weighted by Crippen LogP contribution is -2.18. The zero-order chi connectivity index (χ0) is 15.2. The van der Waals surface area contributed by atoms with E-state index in [1.165, 1.54) is 24.4 Å². The molecule has 2 aromatic rings. The Morgan fingerprint density at radius 3 is 2.86 bits per heavy atom. The van der Waals surface area contributed by atoms with Crippen LogP contribution in [0.5, 0.6) is 5.75 Å². The zero-order valence-corrected chi connectivity index (χ0v) is 10.6. The number of hydrazone groups is 1. The van der Waals surface area contributed by atoms with Gasteiger partial charge in [-0.1, -0.05) is 6.07 Å². The molecule has 0 fully saturated rings. The molecule has 0 aliphatic heterocycles. The van der Waals surface area contributed by atoms with Crippen LogP contribution in [0.25, 0.3) is 0 Å². The molecule has 0 unspecified atom stereocenters. The average molecular weight is 286 g/mol. The number of hydrogen-bond donors (Lipinski definition) is 2. The van der Waals surface area contributed by atoms with Gasteiger partial charge in [0.05, 0.1) is 16.7 Å². The van der Waals surface area contributed by atoms with Gasteiger partial charge in [0.1, 0.15) is 11.4 Å². The lowest BCUT2D eigenvalue weighted by Gasteiger charge is -1.99. The molecule has 0 saturated carbocycles. The first-order chi connectivity index (χ1) is 10.1. The van der Waals surface area contributed by atoms with Crippen LogP contribution in [0.4, 0.5) is 5.69 Å². The van der Waals surface area contributed by atoms with Crippen LogP contribution < -0.4 is 5.43 Å². The lowest BCUT2D eigenvalue weighted by atomic mass is 10.2. The summed E-state index contributed by atoms with van der Waals surface area (Å²) >= 11 is 0. The fourth-order valence-electron chi connectivity index (χ4n) is 1.53. The summed E-state index contributed by atoms with van der Waals surface area (Å²) in [6.45, 7) is 0. The molecule has 2 rings (SSSR count). The van der Waals surface area contributed by atoms with Gasteiger partial charge in [-0.05, 0) is 24.3 Å². The summed E-state index contributed by atoms with van der Waals surface area (Å²) < 4.78 is 0. The van der Waals surface area contributed by atoms with Crippen molar-refractivity contribution in [3.05, 3.63) is 64.0 Å². The Hall–Kier alpha value is -3.29. The highest BCUT2D eigenvalue weighted by Gasteiger charge is 2.12. The van der Waals surface area contributed by atoms with Crippen LogP contribution in [0.1, 0.15) is 16.1 Å². The van der Waals surface area contributed by atoms with Crippen molar-refractivity contribution >= 4 is 17.8 Å². The zero-order valence-electron chi connectivity index (χ0n) is 10.6. The molecule has 1 amide bonds. The molecule has 1 heterocycles. The fraction of sp³-hybridized carbons (Fsp3) is 0. The summed E-state index contributed by atoms with van der Waals surface area (Å²) in [6.07, 6.45) is 2.54. The number of nitrogens with zero attached hydrogens (tertiary/aromatic N) is 3. The maximum absolute atomic E-state index is 11.7. The summed E-state index contributed by atoms with van der Waals surface area (Å²) in [7, 11) is 0. The number of phenols is 1. The molecule has 0 bridgehead atoms. The Kier molecular flexibility index (Phi) is 4.20. The standard InChI is InChI=1S/C13H10N4O4/c18-10-4-5-12(17(20)21)9(7-10)8-15-16-13(19)11-3-1-2-6-14-11/h1-8,18H,(H,16,19). The third-order valence-corrected chi connectivity index (χ3v) is 2.48. The van der Waals surface area contributed by atoms with Crippen molar-refractivity contribution in [2.24, 2.45) is 5.10 Å². The molecule has 8 heteroatoms. The van der Waals surface area contributed by atoms with Gasteiger partial charge in [0.15, 0.2) is 0 Å². The second-order valence-electron chi connectivity index (χ2n) is 3.91. The van der Waals surface area contributed by atoms with Gasteiger partial charge in [-0.25, -0.2) is 5.43 Å². The van der Waals surface area contributed by atoms with Crippen molar-refractivity contribution in [3.63, 3.8) is 0 Å². The Labute approximate surface area is 118 Å². The maximum Gasteiger partial charge on any atom is 0.289 e. The summed E-state index contributed by atoms with van der Waals surface area (Å²) in [4.78, 5) is 25.7. The van der Waals surface area contributed by atoms with Crippen LogP contribution in [-0.2, 0) is 0 Å². The SMILES string of the molecule is O=C(NN=Cc1cc(O)ccc1[N+](=O)[O-])c1ccccn1. The number of hydrogen-bond acceptors (Lipinski definition) is 6. The van der Waals surface area contributed by atoms with Crippen molar-refractivity contribution in [1.29, 1.82) is 0 Å². The van der Waals surface area contributed by atoms with E-state index in [9.17, 15) is 20.0 Å². The van der Waals surface area contributed by atoms with E-state index in [2.05, 4.69) is 15.5 Å². The Morgan fingerprint density at radius 1 is 1.38 bits per heavy atom. The van der Waals surface area contributed by atoms with Crippen LogP contribution >= 0.6 is 0 Å². The van der Waals surface area contributed by atoms with E-state index in [4.69, 9.17) is 0 Å². The van der Waals surface area contributed by atoms with Gasteiger partial charge in [-0.2, -0.15) is 5.10 Å². The molecule has 0 atom stereocenters. The van der Waals surface area contributed by atoms with Gasteiger partial charge in [0.2, 0.25) is 0 Å². The molecule has 8 nitrogen and oxygen atoms in total. The highest BCUT2D eigenvalue weighted by molar-refractivity contribution is 5.93. The number of nitro benzene ring substituents is 1. The van der Waals surface area contributed by atoms with Crippen LogP contribution in [0.15, 0.2) is 47.7 Å². The number of phenolic OH excluding ortho intramolecular Hbond substituents is 1. The van der Waals surface area contributed by atoms with E-state index in [0.29, 0.717) is 0 Å². The predicted octanol–water partition coefficient (Wildman–Crippen LogP) is 1.46. The van der Waals surface area contributed by atoms with E-state index < -0.39 is 10.8 Å². The second-order valence-corrected chi connectivity index (χ2v) is 3.91. The van der Waals surface area contributed by atoms with Crippen LogP contribution in [0.3, 0.4) is 0 Å². The van der Waals surface area contributed by atoms with Crippen molar-refractivity contribution in [2.75, 3.05) is 0 Å². The summed E-state index contributed by atoms with van der Waals surface area (Å²) in [5, 5.41) is 23.8. The molecule has 0 radical (unpaired) electrons. The van der Waals surface area contributed by atoms with Crippen LogP contribution in [-0.4, -0.2) is 27.1 Å². The van der Waals surface area contributed by atoms with E-state index in [1.54, 1.807) is 12.1 Å². The Balaban J connectivity index is 2.13. The van der Waals surface area contributed by atoms with Crippen LogP contribution in [0.2, 0.25) is 0 Å². The van der Waals surface area contributed by atoms with Gasteiger partial charge >= 0.3 is 0 Å². The number of aromatic hydroxyl groups is 1. The summed E-state index contributed by atoms with van der Waals surface area (Å²) in [6, 6.07) is 8.33. The Bertz CT molecular complexity index is 701. The number of carbonyl (C=O) groups excluding carboxylic acids is 1. The van der Waals surface area contributed by atoms with Crippen molar-refractivity contribution in [3.8, 4) is 5.75 Å². The topological polar surface area (TPSA) is 118 Å². The van der Waals surface area contributed by atoms with Gasteiger partial charge < -0.3 is 5.11 Å². The van der Waals surface area contributed by atoms with Crippen LogP contribution in [0, 0.1) is 10.1 Å². The smallest absolute Gasteiger partial charge is 0.289 e. The molecule has 0 saturated heterocycles. The van der Waals surface area contributed by atoms with Gasteiger partial charge in [0.25, 0.3) is 11.6 Å². The molecule has 0 spiro atoms. The largest absolute Gasteiger partial charge is 0.508 e. The van der Waals surface area contributed by atoms with E-state index >= 15 is 0 Å². The fourth-order valence-corrected chi connectivity index (χ4v) is 1.53. The van der Waals surface area contributed by atoms with Gasteiger partial charge in [-0.15, -0.1) is 0 Å². The van der Waals surface area contributed by atoms with Crippen molar-refractivity contribution in [2.45, 2.75) is 0 Å². The monoisotopic (exact) mass is 286 g/mol. The second kappa shape index (κ2) is 6.24. The third kappa shape index (κ3) is 3.60. The number of aromatic nitrogens is 1. The minimum atomic E-state index is -0.610. The number of nitrogens with one attached hydrogen (secondary N) is 1. The van der Waals surface area contributed by atoms with E-state index in [-0.39, 0.29) is 22.7 Å². The molecule has 0 aliphatic carbocycles. The number of benzene rings is 1. The molecular weight excluding hydrogens is 276 g/mol. The van der Waals surface area contributed by atoms with E-state index in [1.807, 2.05) is 0 Å². The number of pyridine rings is 1. The first kappa shape index (κ1) is 14.1. The molecular formula is C13H10N4O4. The predicted molar refractivity (Wildman–Crippen MR) is 74.1 cm³/mol. The van der Waals surface area contributed by atoms with Crippen molar-refractivity contribution < 1.29 is 14.8 Å². The van der Waals surface area contributed by atoms with Gasteiger partial charge in [0, 0.05) is 12.3 Å². The molecule has 1 aromatic heterocycles. The molecule has 21 heavy (non-hydrogen) atoms. The molecule has 106 valence electrons.